The van der Waals surface area contributed by atoms with Crippen molar-refractivity contribution in [3.63, 3.8) is 0 Å². The van der Waals surface area contributed by atoms with Crippen LogP contribution in [0.25, 0.3) is 0 Å². The first-order valence-corrected chi connectivity index (χ1v) is 6.17. The summed E-state index contributed by atoms with van der Waals surface area (Å²) in [5.74, 6) is -0.149. The Kier molecular flexibility index (Phi) is 5.25. The highest BCUT2D eigenvalue weighted by Crippen LogP contribution is 2.26. The average Bonchev–Trinajstić information content (AvgIpc) is 2.23. The monoisotopic (exact) mass is 304 g/mol. The van der Waals surface area contributed by atoms with E-state index in [4.69, 9.17) is 17.3 Å². The third-order valence-corrected chi connectivity index (χ3v) is 3.16. The number of halogens is 2. The van der Waals surface area contributed by atoms with E-state index < -0.39 is 0 Å². The summed E-state index contributed by atoms with van der Waals surface area (Å²) < 4.78 is 0.810. The normalized spacial score (nSPS) is 12.2. The number of carbonyl (C=O) groups excluding carboxylic acids is 1. The lowest BCUT2D eigenvalue weighted by Gasteiger charge is -2.12. The van der Waals surface area contributed by atoms with Gasteiger partial charge in [-0.25, -0.2) is 0 Å². The van der Waals surface area contributed by atoms with Crippen molar-refractivity contribution in [3.05, 3.63) is 27.7 Å². The first kappa shape index (κ1) is 13.5. The van der Waals surface area contributed by atoms with Crippen LogP contribution in [0.5, 0.6) is 0 Å². The van der Waals surface area contributed by atoms with Crippen molar-refractivity contribution in [1.82, 2.24) is 0 Å². The Hall–Kier alpha value is -0.580. The quantitative estimate of drug-likeness (QED) is 0.898. The molecule has 0 spiro atoms. The van der Waals surface area contributed by atoms with Gasteiger partial charge in [-0.15, -0.1) is 0 Å². The molecule has 0 saturated carbocycles. The minimum atomic E-state index is -0.101. The number of benzene rings is 1. The fraction of sp³-hybridized carbons (Fsp3) is 0.364. The Bertz CT molecular complexity index is 384. The van der Waals surface area contributed by atoms with Gasteiger partial charge in [-0.2, -0.15) is 0 Å². The Morgan fingerprint density at radius 2 is 2.31 bits per heavy atom. The van der Waals surface area contributed by atoms with Gasteiger partial charge in [-0.3, -0.25) is 4.79 Å². The van der Waals surface area contributed by atoms with Crippen LogP contribution in [0.15, 0.2) is 22.7 Å². The van der Waals surface area contributed by atoms with Crippen LogP contribution in [0, 0.1) is 5.92 Å². The van der Waals surface area contributed by atoms with E-state index in [1.165, 1.54) is 0 Å². The molecule has 3 N–H and O–H groups in total. The van der Waals surface area contributed by atoms with Crippen LogP contribution in [-0.4, -0.2) is 12.5 Å². The highest BCUT2D eigenvalue weighted by Gasteiger charge is 2.13. The van der Waals surface area contributed by atoms with Gasteiger partial charge in [0.25, 0.3) is 0 Å². The van der Waals surface area contributed by atoms with Crippen molar-refractivity contribution >= 4 is 39.1 Å². The zero-order valence-corrected chi connectivity index (χ0v) is 11.3. The maximum absolute atomic E-state index is 11.7. The molecule has 5 heteroatoms. The van der Waals surface area contributed by atoms with E-state index >= 15 is 0 Å². The van der Waals surface area contributed by atoms with E-state index in [1.807, 2.05) is 6.92 Å². The second-order valence-corrected chi connectivity index (χ2v) is 4.88. The standard InChI is InChI=1S/C11H14BrClN2O/c1-7(4-5-14)11(16)15-10-6-8(13)2-3-9(10)12/h2-3,6-7H,4-5,14H2,1H3,(H,15,16). The van der Waals surface area contributed by atoms with E-state index in [-0.39, 0.29) is 11.8 Å². The van der Waals surface area contributed by atoms with E-state index in [2.05, 4.69) is 21.2 Å². The lowest BCUT2D eigenvalue weighted by atomic mass is 10.1. The number of hydrogen-bond donors (Lipinski definition) is 2. The minimum absolute atomic E-state index is 0.0478. The van der Waals surface area contributed by atoms with Crippen molar-refractivity contribution in [1.29, 1.82) is 0 Å². The molecule has 1 aromatic carbocycles. The van der Waals surface area contributed by atoms with Crippen LogP contribution < -0.4 is 11.1 Å². The fourth-order valence-electron chi connectivity index (χ4n) is 1.23. The lowest BCUT2D eigenvalue weighted by molar-refractivity contribution is -0.119. The molecule has 1 amide bonds. The van der Waals surface area contributed by atoms with Crippen LogP contribution in [-0.2, 0) is 4.79 Å². The van der Waals surface area contributed by atoms with Crippen molar-refractivity contribution in [2.45, 2.75) is 13.3 Å². The van der Waals surface area contributed by atoms with Crippen LogP contribution in [0.3, 0.4) is 0 Å². The number of nitrogens with two attached hydrogens (primary N) is 1. The summed E-state index contributed by atoms with van der Waals surface area (Å²) in [5.41, 5.74) is 6.09. The van der Waals surface area contributed by atoms with Crippen molar-refractivity contribution in [3.8, 4) is 0 Å². The van der Waals surface area contributed by atoms with Gasteiger partial charge in [0.1, 0.15) is 0 Å². The number of anilines is 1. The largest absolute Gasteiger partial charge is 0.330 e. The topological polar surface area (TPSA) is 55.1 Å². The number of nitrogens with one attached hydrogen (secondary N) is 1. The highest BCUT2D eigenvalue weighted by molar-refractivity contribution is 9.10. The summed E-state index contributed by atoms with van der Waals surface area (Å²) in [6.07, 6.45) is 0.671. The second kappa shape index (κ2) is 6.23. The lowest BCUT2D eigenvalue weighted by Crippen LogP contribution is -2.22. The second-order valence-electron chi connectivity index (χ2n) is 3.59. The molecule has 0 radical (unpaired) electrons. The first-order chi connectivity index (χ1) is 7.54. The molecule has 0 fully saturated rings. The van der Waals surface area contributed by atoms with Gasteiger partial charge in [0.15, 0.2) is 0 Å². The van der Waals surface area contributed by atoms with Crippen molar-refractivity contribution < 1.29 is 4.79 Å². The summed E-state index contributed by atoms with van der Waals surface area (Å²) in [7, 11) is 0. The smallest absolute Gasteiger partial charge is 0.227 e. The first-order valence-electron chi connectivity index (χ1n) is 5.00. The molecular formula is C11H14BrClN2O. The van der Waals surface area contributed by atoms with E-state index in [0.717, 1.165) is 4.47 Å². The Balaban J connectivity index is 2.72. The van der Waals surface area contributed by atoms with Crippen LogP contribution in [0.1, 0.15) is 13.3 Å². The fourth-order valence-corrected chi connectivity index (χ4v) is 1.75. The van der Waals surface area contributed by atoms with Gasteiger partial charge < -0.3 is 11.1 Å². The molecule has 1 unspecified atom stereocenters. The van der Waals surface area contributed by atoms with Crippen molar-refractivity contribution in [2.75, 3.05) is 11.9 Å². The summed E-state index contributed by atoms with van der Waals surface area (Å²) in [6.45, 7) is 2.35. The molecular weight excluding hydrogens is 291 g/mol. The van der Waals surface area contributed by atoms with Gasteiger partial charge in [0.2, 0.25) is 5.91 Å². The minimum Gasteiger partial charge on any atom is -0.330 e. The van der Waals surface area contributed by atoms with Crippen LogP contribution >= 0.6 is 27.5 Å². The number of amides is 1. The molecule has 0 saturated heterocycles. The molecule has 3 nitrogen and oxygen atoms in total. The van der Waals surface area contributed by atoms with E-state index in [0.29, 0.717) is 23.7 Å². The summed E-state index contributed by atoms with van der Waals surface area (Å²) in [4.78, 5) is 11.7. The number of carbonyl (C=O) groups is 1. The van der Waals surface area contributed by atoms with Crippen LogP contribution in [0.2, 0.25) is 5.02 Å². The molecule has 1 rings (SSSR count). The molecule has 88 valence electrons. The Morgan fingerprint density at radius 1 is 1.62 bits per heavy atom. The number of rotatable bonds is 4. The average molecular weight is 306 g/mol. The summed E-state index contributed by atoms with van der Waals surface area (Å²) in [5, 5.41) is 3.40. The van der Waals surface area contributed by atoms with Gasteiger partial charge in [0.05, 0.1) is 5.69 Å². The third kappa shape index (κ3) is 3.77. The van der Waals surface area contributed by atoms with Crippen molar-refractivity contribution in [2.24, 2.45) is 11.7 Å². The molecule has 0 aliphatic rings. The predicted octanol–water partition coefficient (Wildman–Crippen LogP) is 3.03. The molecule has 16 heavy (non-hydrogen) atoms. The molecule has 0 bridgehead atoms. The maximum atomic E-state index is 11.7. The zero-order valence-electron chi connectivity index (χ0n) is 8.97. The molecule has 0 aromatic heterocycles. The molecule has 0 aliphatic heterocycles. The molecule has 0 heterocycles. The van der Waals surface area contributed by atoms with Gasteiger partial charge >= 0.3 is 0 Å². The molecule has 1 aromatic rings. The van der Waals surface area contributed by atoms with E-state index in [9.17, 15) is 4.79 Å². The maximum Gasteiger partial charge on any atom is 0.227 e. The summed E-state index contributed by atoms with van der Waals surface area (Å²) >= 11 is 9.20. The van der Waals surface area contributed by atoms with Gasteiger partial charge in [-0.05, 0) is 47.1 Å². The molecule has 0 aliphatic carbocycles. The van der Waals surface area contributed by atoms with Crippen LogP contribution in [0.4, 0.5) is 5.69 Å². The highest BCUT2D eigenvalue weighted by atomic mass is 79.9. The molecule has 1 atom stereocenters. The predicted molar refractivity (Wildman–Crippen MR) is 70.6 cm³/mol. The SMILES string of the molecule is CC(CCN)C(=O)Nc1cc(Cl)ccc1Br. The third-order valence-electron chi connectivity index (χ3n) is 2.23. The summed E-state index contributed by atoms with van der Waals surface area (Å²) in [6, 6.07) is 5.26. The zero-order chi connectivity index (χ0) is 12.1. The van der Waals surface area contributed by atoms with Gasteiger partial charge in [0, 0.05) is 15.4 Å². The van der Waals surface area contributed by atoms with Gasteiger partial charge in [-0.1, -0.05) is 18.5 Å². The number of hydrogen-bond acceptors (Lipinski definition) is 2. The van der Waals surface area contributed by atoms with E-state index in [1.54, 1.807) is 18.2 Å². The Morgan fingerprint density at radius 3 is 2.94 bits per heavy atom. The Labute approximate surface area is 108 Å².